The second-order valence-corrected chi connectivity index (χ2v) is 7.70. The summed E-state index contributed by atoms with van der Waals surface area (Å²) >= 11 is 0. The number of hydrogen-bond acceptors (Lipinski definition) is 4. The number of nitrogens with two attached hydrogens (primary N) is 1. The number of benzene rings is 2. The van der Waals surface area contributed by atoms with Crippen LogP contribution < -0.4 is 15.8 Å². The summed E-state index contributed by atoms with van der Waals surface area (Å²) in [7, 11) is 1.55. The minimum atomic E-state index is -2.82. The first-order chi connectivity index (χ1) is 14.2. The molecular weight excluding hydrogens is 390 g/mol. The van der Waals surface area contributed by atoms with Crippen LogP contribution in [0.1, 0.15) is 59.5 Å². The van der Waals surface area contributed by atoms with E-state index in [2.05, 4.69) is 10.4 Å². The van der Waals surface area contributed by atoms with E-state index in [4.69, 9.17) is 10.5 Å². The maximum absolute atomic E-state index is 14.1. The van der Waals surface area contributed by atoms with Gasteiger partial charge in [0.05, 0.1) is 30.3 Å². The van der Waals surface area contributed by atoms with Crippen molar-refractivity contribution in [1.29, 1.82) is 0 Å². The largest absolute Gasteiger partial charge is 0.496 e. The molecule has 1 aliphatic rings. The SMILES string of the molecule is COc1ccc(C(=O)N[C@H](C)c2cccc3c2CCC3(F)F)c2nn(C(C)N)cc12. The molecule has 4 rings (SSSR count). The van der Waals surface area contributed by atoms with Gasteiger partial charge in [-0.1, -0.05) is 18.2 Å². The van der Waals surface area contributed by atoms with Crippen LogP contribution in [0.4, 0.5) is 8.78 Å². The number of ether oxygens (including phenoxy) is 1. The van der Waals surface area contributed by atoms with Gasteiger partial charge in [0.2, 0.25) is 0 Å². The number of halogens is 2. The zero-order valence-corrected chi connectivity index (χ0v) is 17.1. The molecule has 2 atom stereocenters. The summed E-state index contributed by atoms with van der Waals surface area (Å²) < 4.78 is 35.2. The second-order valence-electron chi connectivity index (χ2n) is 7.70. The Kier molecular flexibility index (Phi) is 4.97. The molecule has 0 fully saturated rings. The molecule has 1 aliphatic carbocycles. The number of carbonyl (C=O) groups is 1. The van der Waals surface area contributed by atoms with Gasteiger partial charge in [0.25, 0.3) is 11.8 Å². The summed E-state index contributed by atoms with van der Waals surface area (Å²) in [5.74, 6) is -2.57. The van der Waals surface area contributed by atoms with Crippen LogP contribution in [-0.2, 0) is 12.3 Å². The lowest BCUT2D eigenvalue weighted by Crippen LogP contribution is -2.27. The highest BCUT2D eigenvalue weighted by molar-refractivity contribution is 6.07. The Morgan fingerprint density at radius 1 is 1.30 bits per heavy atom. The van der Waals surface area contributed by atoms with E-state index in [0.717, 1.165) is 0 Å². The molecule has 1 unspecified atom stereocenters. The Bertz CT molecular complexity index is 1120. The number of amides is 1. The standard InChI is InChI=1S/C22H24F2N4O2/c1-12(14-5-4-6-18-15(14)9-10-22(18,23)24)26-21(29)16-7-8-19(30-3)17-11-28(13(2)25)27-20(16)17/h4-8,11-13H,9-10,25H2,1-3H3,(H,26,29)/t12-,13?/m1/s1. The van der Waals surface area contributed by atoms with E-state index in [1.807, 2.05) is 0 Å². The van der Waals surface area contributed by atoms with E-state index >= 15 is 0 Å². The third-order valence-electron chi connectivity index (χ3n) is 5.65. The molecule has 1 heterocycles. The molecule has 0 saturated carbocycles. The highest BCUT2D eigenvalue weighted by Crippen LogP contribution is 2.43. The number of rotatable bonds is 5. The second kappa shape index (κ2) is 7.36. The monoisotopic (exact) mass is 414 g/mol. The summed E-state index contributed by atoms with van der Waals surface area (Å²) in [6, 6.07) is 7.79. The molecule has 0 bridgehead atoms. The van der Waals surface area contributed by atoms with E-state index in [9.17, 15) is 13.6 Å². The van der Waals surface area contributed by atoms with Gasteiger partial charge < -0.3 is 15.8 Å². The summed E-state index contributed by atoms with van der Waals surface area (Å²) in [5.41, 5.74) is 8.16. The van der Waals surface area contributed by atoms with Gasteiger partial charge in [-0.25, -0.2) is 8.78 Å². The predicted molar refractivity (Wildman–Crippen MR) is 110 cm³/mol. The zero-order chi connectivity index (χ0) is 21.6. The van der Waals surface area contributed by atoms with E-state index < -0.39 is 12.0 Å². The van der Waals surface area contributed by atoms with Crippen LogP contribution in [0.3, 0.4) is 0 Å². The van der Waals surface area contributed by atoms with Crippen molar-refractivity contribution in [2.75, 3.05) is 7.11 Å². The van der Waals surface area contributed by atoms with Crippen LogP contribution in [0.25, 0.3) is 10.9 Å². The van der Waals surface area contributed by atoms with Gasteiger partial charge in [-0.05, 0) is 43.5 Å². The number of nitrogens with zero attached hydrogens (tertiary/aromatic N) is 2. The number of fused-ring (bicyclic) bond motifs is 2. The number of alkyl halides is 2. The Hall–Kier alpha value is -3.00. The normalized spacial score (nSPS) is 16.9. The van der Waals surface area contributed by atoms with Crippen LogP contribution in [0.2, 0.25) is 0 Å². The molecule has 2 aromatic carbocycles. The van der Waals surface area contributed by atoms with Crippen LogP contribution in [0.5, 0.6) is 5.75 Å². The van der Waals surface area contributed by atoms with Gasteiger partial charge in [0.15, 0.2) is 0 Å². The van der Waals surface area contributed by atoms with Crippen molar-refractivity contribution in [1.82, 2.24) is 15.1 Å². The van der Waals surface area contributed by atoms with Gasteiger partial charge in [-0.3, -0.25) is 9.48 Å². The molecular formula is C22H24F2N4O2. The Morgan fingerprint density at radius 3 is 2.77 bits per heavy atom. The van der Waals surface area contributed by atoms with Gasteiger partial charge in [-0.2, -0.15) is 5.10 Å². The average Bonchev–Trinajstić information content (AvgIpc) is 3.29. The average molecular weight is 414 g/mol. The van der Waals surface area contributed by atoms with Crippen molar-refractivity contribution in [3.05, 3.63) is 58.8 Å². The van der Waals surface area contributed by atoms with Crippen LogP contribution >= 0.6 is 0 Å². The van der Waals surface area contributed by atoms with Crippen LogP contribution in [-0.4, -0.2) is 22.8 Å². The first-order valence-corrected chi connectivity index (χ1v) is 9.85. The fourth-order valence-corrected chi connectivity index (χ4v) is 4.07. The third-order valence-corrected chi connectivity index (χ3v) is 5.65. The molecule has 0 saturated heterocycles. The topological polar surface area (TPSA) is 82.2 Å². The van der Waals surface area contributed by atoms with Crippen molar-refractivity contribution >= 4 is 16.8 Å². The number of methoxy groups -OCH3 is 1. The zero-order valence-electron chi connectivity index (χ0n) is 17.1. The highest BCUT2D eigenvalue weighted by atomic mass is 19.3. The lowest BCUT2D eigenvalue weighted by Gasteiger charge is -2.19. The molecule has 30 heavy (non-hydrogen) atoms. The molecule has 3 aromatic rings. The summed E-state index contributed by atoms with van der Waals surface area (Å²) in [6.45, 7) is 3.58. The quantitative estimate of drug-likeness (QED) is 0.660. The summed E-state index contributed by atoms with van der Waals surface area (Å²) in [6.07, 6.45) is 1.47. The number of nitrogens with one attached hydrogen (secondary N) is 1. The highest BCUT2D eigenvalue weighted by Gasteiger charge is 2.40. The van der Waals surface area contributed by atoms with Crippen molar-refractivity contribution in [2.45, 2.75) is 44.8 Å². The molecule has 8 heteroatoms. The Balaban J connectivity index is 1.67. The van der Waals surface area contributed by atoms with Gasteiger partial charge >= 0.3 is 0 Å². The molecule has 0 spiro atoms. The van der Waals surface area contributed by atoms with E-state index in [0.29, 0.717) is 39.8 Å². The lowest BCUT2D eigenvalue weighted by molar-refractivity contribution is -0.00185. The van der Waals surface area contributed by atoms with Crippen molar-refractivity contribution in [3.8, 4) is 5.75 Å². The maximum atomic E-state index is 14.1. The van der Waals surface area contributed by atoms with E-state index in [1.165, 1.54) is 6.07 Å². The molecule has 6 nitrogen and oxygen atoms in total. The van der Waals surface area contributed by atoms with Gasteiger partial charge in [0.1, 0.15) is 11.3 Å². The summed E-state index contributed by atoms with van der Waals surface area (Å²) in [5, 5.41) is 8.06. The van der Waals surface area contributed by atoms with Gasteiger partial charge in [0, 0.05) is 18.2 Å². The maximum Gasteiger partial charge on any atom is 0.273 e. The fourth-order valence-electron chi connectivity index (χ4n) is 4.07. The van der Waals surface area contributed by atoms with E-state index in [-0.39, 0.29) is 24.1 Å². The minimum absolute atomic E-state index is 0.0589. The minimum Gasteiger partial charge on any atom is -0.496 e. The van der Waals surface area contributed by atoms with E-state index in [1.54, 1.807) is 56.1 Å². The molecule has 3 N–H and O–H groups in total. The Labute approximate surface area is 173 Å². The third kappa shape index (κ3) is 3.31. The van der Waals surface area contributed by atoms with Gasteiger partial charge in [-0.15, -0.1) is 0 Å². The number of hydrogen-bond donors (Lipinski definition) is 2. The van der Waals surface area contributed by atoms with Crippen LogP contribution in [0, 0.1) is 0 Å². The van der Waals surface area contributed by atoms with Crippen LogP contribution in [0.15, 0.2) is 36.5 Å². The van der Waals surface area contributed by atoms with Crippen molar-refractivity contribution < 1.29 is 18.3 Å². The first kappa shape index (κ1) is 20.3. The smallest absolute Gasteiger partial charge is 0.273 e. The number of aromatic nitrogens is 2. The predicted octanol–water partition coefficient (Wildman–Crippen LogP) is 4.05. The molecule has 1 aromatic heterocycles. The number of carbonyl (C=O) groups excluding carboxylic acids is 1. The molecule has 1 amide bonds. The molecule has 0 radical (unpaired) electrons. The fraction of sp³-hybridized carbons (Fsp3) is 0.364. The lowest BCUT2D eigenvalue weighted by atomic mass is 9.97. The summed E-state index contributed by atoms with van der Waals surface area (Å²) in [4.78, 5) is 13.1. The first-order valence-electron chi connectivity index (χ1n) is 9.85. The van der Waals surface area contributed by atoms with Crippen molar-refractivity contribution in [3.63, 3.8) is 0 Å². The Morgan fingerprint density at radius 2 is 2.07 bits per heavy atom. The molecule has 158 valence electrons. The van der Waals surface area contributed by atoms with Crippen molar-refractivity contribution in [2.24, 2.45) is 5.73 Å². The molecule has 0 aliphatic heterocycles.